The van der Waals surface area contributed by atoms with Crippen molar-refractivity contribution in [3.8, 4) is 6.07 Å². The minimum Gasteiger partial charge on any atom is -0.378 e. The minimum atomic E-state index is -0.473. The van der Waals surface area contributed by atoms with Crippen LogP contribution in [-0.4, -0.2) is 36.1 Å². The molecule has 0 spiro atoms. The van der Waals surface area contributed by atoms with Gasteiger partial charge >= 0.3 is 0 Å². The summed E-state index contributed by atoms with van der Waals surface area (Å²) in [6.45, 7) is 7.64. The lowest BCUT2D eigenvalue weighted by molar-refractivity contribution is -0.137. The molecular formula is C11H20N2O2. The van der Waals surface area contributed by atoms with E-state index in [4.69, 9.17) is 10.00 Å². The van der Waals surface area contributed by atoms with E-state index < -0.39 is 5.60 Å². The van der Waals surface area contributed by atoms with E-state index in [1.807, 2.05) is 33.8 Å². The molecule has 0 unspecified atom stereocenters. The lowest BCUT2D eigenvalue weighted by Crippen LogP contribution is -2.41. The van der Waals surface area contributed by atoms with Crippen molar-refractivity contribution in [3.05, 3.63) is 0 Å². The number of nitriles is 1. The Bertz CT molecular complexity index is 254. The van der Waals surface area contributed by atoms with Crippen LogP contribution in [0.4, 0.5) is 0 Å². The van der Waals surface area contributed by atoms with Gasteiger partial charge in [0.15, 0.2) is 0 Å². The average molecular weight is 212 g/mol. The molecule has 0 rings (SSSR count). The molecule has 0 radical (unpaired) electrons. The van der Waals surface area contributed by atoms with E-state index in [0.29, 0.717) is 6.42 Å². The van der Waals surface area contributed by atoms with Crippen LogP contribution >= 0.6 is 0 Å². The first-order valence-corrected chi connectivity index (χ1v) is 5.05. The quantitative estimate of drug-likeness (QED) is 0.650. The molecule has 0 aliphatic rings. The molecule has 0 heterocycles. The zero-order chi connectivity index (χ0) is 12.1. The molecule has 0 aromatic rings. The van der Waals surface area contributed by atoms with Gasteiger partial charge in [-0.25, -0.2) is 0 Å². The van der Waals surface area contributed by atoms with Crippen molar-refractivity contribution in [1.29, 1.82) is 5.26 Å². The maximum atomic E-state index is 11.8. The smallest absolute Gasteiger partial charge is 0.226 e. The van der Waals surface area contributed by atoms with Gasteiger partial charge in [-0.1, -0.05) is 0 Å². The molecule has 0 bridgehead atoms. The molecule has 0 aliphatic heterocycles. The van der Waals surface area contributed by atoms with E-state index >= 15 is 0 Å². The Labute approximate surface area is 91.8 Å². The van der Waals surface area contributed by atoms with Gasteiger partial charge in [0.2, 0.25) is 5.91 Å². The standard InChI is InChI=1S/C11H20N2O2/c1-9(2)13(7-6-12)10(14)8-11(3,4)15-5/h9H,7-8H2,1-5H3. The number of rotatable bonds is 5. The van der Waals surface area contributed by atoms with E-state index in [1.54, 1.807) is 12.0 Å². The van der Waals surface area contributed by atoms with Crippen LogP contribution in [0.5, 0.6) is 0 Å². The Hall–Kier alpha value is -1.08. The van der Waals surface area contributed by atoms with E-state index in [-0.39, 0.29) is 18.5 Å². The molecule has 4 nitrogen and oxygen atoms in total. The van der Waals surface area contributed by atoms with Crippen molar-refractivity contribution in [2.24, 2.45) is 0 Å². The molecule has 0 aromatic carbocycles. The number of hydrogen-bond donors (Lipinski definition) is 0. The van der Waals surface area contributed by atoms with Gasteiger partial charge in [-0.15, -0.1) is 0 Å². The van der Waals surface area contributed by atoms with Crippen LogP contribution in [0.1, 0.15) is 34.1 Å². The van der Waals surface area contributed by atoms with E-state index in [2.05, 4.69) is 0 Å². The van der Waals surface area contributed by atoms with Crippen molar-refractivity contribution < 1.29 is 9.53 Å². The molecule has 4 heteroatoms. The first-order valence-electron chi connectivity index (χ1n) is 5.05. The highest BCUT2D eigenvalue weighted by Gasteiger charge is 2.25. The number of carbonyl (C=O) groups is 1. The van der Waals surface area contributed by atoms with Crippen molar-refractivity contribution >= 4 is 5.91 Å². The van der Waals surface area contributed by atoms with E-state index in [9.17, 15) is 4.79 Å². The Kier molecular flexibility index (Phi) is 5.31. The highest BCUT2D eigenvalue weighted by Crippen LogP contribution is 2.15. The number of ether oxygens (including phenoxy) is 1. The van der Waals surface area contributed by atoms with Crippen molar-refractivity contribution in [2.45, 2.75) is 45.8 Å². The second-order valence-corrected chi connectivity index (χ2v) is 4.41. The van der Waals surface area contributed by atoms with E-state index in [1.165, 1.54) is 0 Å². The third kappa shape index (κ3) is 4.80. The monoisotopic (exact) mass is 212 g/mol. The normalized spacial score (nSPS) is 11.3. The fraction of sp³-hybridized carbons (Fsp3) is 0.818. The maximum Gasteiger partial charge on any atom is 0.226 e. The predicted molar refractivity (Wildman–Crippen MR) is 58.2 cm³/mol. The summed E-state index contributed by atoms with van der Waals surface area (Å²) in [6, 6.07) is 2.04. The summed E-state index contributed by atoms with van der Waals surface area (Å²) in [4.78, 5) is 13.4. The summed E-state index contributed by atoms with van der Waals surface area (Å²) in [6.07, 6.45) is 0.295. The number of amides is 1. The zero-order valence-corrected chi connectivity index (χ0v) is 10.2. The SMILES string of the molecule is COC(C)(C)CC(=O)N(CC#N)C(C)C. The van der Waals surface area contributed by atoms with Crippen LogP contribution in [0.2, 0.25) is 0 Å². The van der Waals surface area contributed by atoms with Crippen LogP contribution in [0, 0.1) is 11.3 Å². The average Bonchev–Trinajstić information content (AvgIpc) is 2.12. The fourth-order valence-electron chi connectivity index (χ4n) is 1.17. The summed E-state index contributed by atoms with van der Waals surface area (Å²) in [5, 5.41) is 8.61. The van der Waals surface area contributed by atoms with Gasteiger partial charge in [-0.2, -0.15) is 5.26 Å². The summed E-state index contributed by atoms with van der Waals surface area (Å²) >= 11 is 0. The van der Waals surface area contributed by atoms with Gasteiger partial charge in [0.05, 0.1) is 18.1 Å². The fourth-order valence-corrected chi connectivity index (χ4v) is 1.17. The van der Waals surface area contributed by atoms with Crippen LogP contribution in [-0.2, 0) is 9.53 Å². The minimum absolute atomic E-state index is 0.0431. The van der Waals surface area contributed by atoms with Gasteiger partial charge in [-0.3, -0.25) is 4.79 Å². The summed E-state index contributed by atoms with van der Waals surface area (Å²) in [5.41, 5.74) is -0.473. The first kappa shape index (κ1) is 13.9. The summed E-state index contributed by atoms with van der Waals surface area (Å²) < 4.78 is 5.19. The second-order valence-electron chi connectivity index (χ2n) is 4.41. The predicted octanol–water partition coefficient (Wildman–Crippen LogP) is 1.56. The lowest BCUT2D eigenvalue weighted by atomic mass is 10.0. The van der Waals surface area contributed by atoms with Crippen molar-refractivity contribution in [3.63, 3.8) is 0 Å². The Morgan fingerprint density at radius 1 is 1.53 bits per heavy atom. The molecule has 86 valence electrons. The summed E-state index contributed by atoms with van der Waals surface area (Å²) in [7, 11) is 1.58. The molecule has 15 heavy (non-hydrogen) atoms. The van der Waals surface area contributed by atoms with Gasteiger partial charge in [-0.05, 0) is 27.7 Å². The van der Waals surface area contributed by atoms with Crippen molar-refractivity contribution in [2.75, 3.05) is 13.7 Å². The first-order chi connectivity index (χ1) is 6.84. The van der Waals surface area contributed by atoms with Gasteiger partial charge in [0.1, 0.15) is 6.54 Å². The molecule has 1 amide bonds. The van der Waals surface area contributed by atoms with Crippen LogP contribution in [0.15, 0.2) is 0 Å². The number of methoxy groups -OCH3 is 1. The number of hydrogen-bond acceptors (Lipinski definition) is 3. The Balaban J connectivity index is 4.47. The Morgan fingerprint density at radius 2 is 2.07 bits per heavy atom. The second kappa shape index (κ2) is 5.72. The summed E-state index contributed by atoms with van der Waals surface area (Å²) in [5.74, 6) is -0.0431. The number of nitrogens with zero attached hydrogens (tertiary/aromatic N) is 2. The molecule has 0 aliphatic carbocycles. The number of carbonyl (C=O) groups excluding carboxylic acids is 1. The van der Waals surface area contributed by atoms with Crippen LogP contribution in [0.25, 0.3) is 0 Å². The molecule has 0 saturated carbocycles. The highest BCUT2D eigenvalue weighted by atomic mass is 16.5. The largest absolute Gasteiger partial charge is 0.378 e. The van der Waals surface area contributed by atoms with Gasteiger partial charge in [0, 0.05) is 13.2 Å². The third-order valence-corrected chi connectivity index (χ3v) is 2.31. The third-order valence-electron chi connectivity index (χ3n) is 2.31. The lowest BCUT2D eigenvalue weighted by Gasteiger charge is -2.29. The molecule has 0 atom stereocenters. The zero-order valence-electron chi connectivity index (χ0n) is 10.2. The van der Waals surface area contributed by atoms with Gasteiger partial charge in [0.25, 0.3) is 0 Å². The molecule has 0 aromatic heterocycles. The van der Waals surface area contributed by atoms with Gasteiger partial charge < -0.3 is 9.64 Å². The molecule has 0 N–H and O–H groups in total. The van der Waals surface area contributed by atoms with E-state index in [0.717, 1.165) is 0 Å². The topological polar surface area (TPSA) is 53.3 Å². The Morgan fingerprint density at radius 3 is 2.40 bits per heavy atom. The van der Waals surface area contributed by atoms with Crippen LogP contribution in [0.3, 0.4) is 0 Å². The van der Waals surface area contributed by atoms with Crippen molar-refractivity contribution in [1.82, 2.24) is 4.90 Å². The van der Waals surface area contributed by atoms with Crippen LogP contribution < -0.4 is 0 Å². The highest BCUT2D eigenvalue weighted by molar-refractivity contribution is 5.77. The molecular weight excluding hydrogens is 192 g/mol. The maximum absolute atomic E-state index is 11.8. The molecule has 0 saturated heterocycles. The molecule has 0 fully saturated rings.